The highest BCUT2D eigenvalue weighted by Crippen LogP contribution is 2.25. The van der Waals surface area contributed by atoms with E-state index in [0.29, 0.717) is 11.3 Å². The minimum atomic E-state index is -3.79. The van der Waals surface area contributed by atoms with Crippen LogP contribution in [0.4, 0.5) is 0 Å². The predicted molar refractivity (Wildman–Crippen MR) is 128 cm³/mol. The first kappa shape index (κ1) is 21.8. The van der Waals surface area contributed by atoms with Crippen molar-refractivity contribution in [1.82, 2.24) is 14.6 Å². The van der Waals surface area contributed by atoms with Gasteiger partial charge < -0.3 is 4.74 Å². The maximum atomic E-state index is 12.5. The molecule has 0 saturated carbocycles. The number of benzene rings is 3. The molecule has 9 heteroatoms. The van der Waals surface area contributed by atoms with E-state index in [1.165, 1.54) is 18.3 Å². The van der Waals surface area contributed by atoms with Gasteiger partial charge in [0.15, 0.2) is 0 Å². The van der Waals surface area contributed by atoms with Crippen molar-refractivity contribution in [3.05, 3.63) is 95.1 Å². The zero-order valence-corrected chi connectivity index (χ0v) is 19.4. The number of hydrogen-bond acceptors (Lipinski definition) is 5. The number of sulfonamides is 1. The Morgan fingerprint density at radius 3 is 2.34 bits per heavy atom. The molecule has 0 saturated heterocycles. The van der Waals surface area contributed by atoms with Gasteiger partial charge in [0.2, 0.25) is 0 Å². The maximum absolute atomic E-state index is 12.5. The zero-order chi connectivity index (χ0) is 22.6. The fraction of sp³-hybridized carbons (Fsp3) is 0.0435. The number of methoxy groups -OCH3 is 1. The lowest BCUT2D eigenvalue weighted by molar-refractivity contribution is 0.415. The van der Waals surface area contributed by atoms with Gasteiger partial charge in [-0.05, 0) is 60.7 Å². The van der Waals surface area contributed by atoms with Crippen LogP contribution in [-0.2, 0) is 10.0 Å². The summed E-state index contributed by atoms with van der Waals surface area (Å²) in [5.41, 5.74) is 3.02. The Hall–Kier alpha value is -3.43. The molecule has 0 fully saturated rings. The van der Waals surface area contributed by atoms with Crippen molar-refractivity contribution in [3.63, 3.8) is 0 Å². The summed E-state index contributed by atoms with van der Waals surface area (Å²) in [6.07, 6.45) is 3.24. The lowest BCUT2D eigenvalue weighted by Gasteiger charge is -2.04. The van der Waals surface area contributed by atoms with E-state index in [1.54, 1.807) is 30.1 Å². The Morgan fingerprint density at radius 1 is 1.00 bits per heavy atom. The average molecular weight is 511 g/mol. The smallest absolute Gasteiger partial charge is 0.276 e. The molecule has 1 aromatic heterocycles. The maximum Gasteiger partial charge on any atom is 0.276 e. The molecule has 0 bridgehead atoms. The van der Waals surface area contributed by atoms with Gasteiger partial charge in [-0.2, -0.15) is 18.6 Å². The number of para-hydroxylation sites is 1. The summed E-state index contributed by atoms with van der Waals surface area (Å²) in [5, 5.41) is 8.68. The van der Waals surface area contributed by atoms with E-state index in [1.807, 2.05) is 54.6 Å². The molecule has 7 nitrogen and oxygen atoms in total. The molecular formula is C23H19BrN4O3S. The van der Waals surface area contributed by atoms with E-state index < -0.39 is 10.0 Å². The van der Waals surface area contributed by atoms with Gasteiger partial charge in [-0.3, -0.25) is 0 Å². The van der Waals surface area contributed by atoms with Crippen LogP contribution in [0.3, 0.4) is 0 Å². The summed E-state index contributed by atoms with van der Waals surface area (Å²) in [4.78, 5) is 2.38. The number of hydrazone groups is 1. The minimum Gasteiger partial charge on any atom is -0.497 e. The quantitative estimate of drug-likeness (QED) is 0.290. The predicted octanol–water partition coefficient (Wildman–Crippen LogP) is 4.62. The number of halogens is 1. The summed E-state index contributed by atoms with van der Waals surface area (Å²) < 4.78 is 32.8. The third-order valence-corrected chi connectivity index (χ3v) is 6.39. The van der Waals surface area contributed by atoms with Crippen molar-refractivity contribution < 1.29 is 13.2 Å². The molecule has 0 amide bonds. The first-order valence-electron chi connectivity index (χ1n) is 9.56. The first-order valence-corrected chi connectivity index (χ1v) is 11.8. The van der Waals surface area contributed by atoms with Gasteiger partial charge in [0, 0.05) is 21.8 Å². The molecule has 1 N–H and O–H groups in total. The third-order valence-electron chi connectivity index (χ3n) is 4.63. The van der Waals surface area contributed by atoms with Crippen LogP contribution in [0.2, 0.25) is 0 Å². The summed E-state index contributed by atoms with van der Waals surface area (Å²) >= 11 is 3.29. The van der Waals surface area contributed by atoms with Crippen molar-refractivity contribution in [2.45, 2.75) is 4.90 Å². The van der Waals surface area contributed by atoms with Gasteiger partial charge in [-0.1, -0.05) is 34.1 Å². The highest BCUT2D eigenvalue weighted by molar-refractivity contribution is 9.10. The van der Waals surface area contributed by atoms with E-state index in [-0.39, 0.29) is 4.90 Å². The minimum absolute atomic E-state index is 0.119. The molecule has 32 heavy (non-hydrogen) atoms. The fourth-order valence-electron chi connectivity index (χ4n) is 3.00. The molecule has 0 radical (unpaired) electrons. The molecule has 0 unspecified atom stereocenters. The van der Waals surface area contributed by atoms with E-state index in [9.17, 15) is 8.42 Å². The number of hydrogen-bond donors (Lipinski definition) is 1. The number of nitrogens with zero attached hydrogens (tertiary/aromatic N) is 3. The van der Waals surface area contributed by atoms with Crippen LogP contribution in [0.5, 0.6) is 5.75 Å². The van der Waals surface area contributed by atoms with Crippen LogP contribution in [-0.4, -0.2) is 31.5 Å². The molecule has 3 aromatic carbocycles. The SMILES string of the molecule is COc1ccc(-c2nn(-c3ccccc3)cc2/C=N/NS(=O)(=O)c2ccc(Br)cc2)cc1. The monoisotopic (exact) mass is 510 g/mol. The Morgan fingerprint density at radius 2 is 1.69 bits per heavy atom. The lowest BCUT2D eigenvalue weighted by atomic mass is 10.1. The molecule has 162 valence electrons. The standard InChI is InChI=1S/C23H19BrN4O3S/c1-31-21-11-7-17(8-12-21)23-18(16-28(26-23)20-5-3-2-4-6-20)15-25-27-32(29,30)22-13-9-19(24)10-14-22/h2-16,27H,1H3/b25-15+. The summed E-state index contributed by atoms with van der Waals surface area (Å²) in [7, 11) is -2.19. The van der Waals surface area contributed by atoms with E-state index in [0.717, 1.165) is 21.5 Å². The van der Waals surface area contributed by atoms with Crippen LogP contribution >= 0.6 is 15.9 Å². The zero-order valence-electron chi connectivity index (χ0n) is 17.0. The van der Waals surface area contributed by atoms with Crippen LogP contribution in [0, 0.1) is 0 Å². The molecule has 4 rings (SSSR count). The molecule has 0 aliphatic heterocycles. The van der Waals surface area contributed by atoms with Gasteiger partial charge in [0.05, 0.1) is 23.9 Å². The Bertz CT molecular complexity index is 1330. The van der Waals surface area contributed by atoms with Crippen molar-refractivity contribution in [3.8, 4) is 22.7 Å². The van der Waals surface area contributed by atoms with Crippen LogP contribution < -0.4 is 9.57 Å². The van der Waals surface area contributed by atoms with Gasteiger partial charge in [0.1, 0.15) is 11.4 Å². The highest BCUT2D eigenvalue weighted by atomic mass is 79.9. The molecule has 0 atom stereocenters. The molecule has 0 spiro atoms. The van der Waals surface area contributed by atoms with Crippen molar-refractivity contribution in [1.29, 1.82) is 0 Å². The number of rotatable bonds is 7. The van der Waals surface area contributed by atoms with E-state index in [2.05, 4.69) is 25.9 Å². The normalized spacial score (nSPS) is 11.6. The largest absolute Gasteiger partial charge is 0.497 e. The molecule has 1 heterocycles. The Balaban J connectivity index is 1.67. The van der Waals surface area contributed by atoms with Crippen molar-refractivity contribution >= 4 is 32.2 Å². The second-order valence-corrected chi connectivity index (χ2v) is 9.33. The van der Waals surface area contributed by atoms with E-state index in [4.69, 9.17) is 9.84 Å². The van der Waals surface area contributed by atoms with Crippen LogP contribution in [0.15, 0.2) is 99.5 Å². The first-order chi connectivity index (χ1) is 15.5. The van der Waals surface area contributed by atoms with E-state index >= 15 is 0 Å². The van der Waals surface area contributed by atoms with Gasteiger partial charge in [-0.15, -0.1) is 0 Å². The molecule has 0 aliphatic carbocycles. The number of nitrogens with one attached hydrogen (secondary N) is 1. The van der Waals surface area contributed by atoms with Crippen molar-refractivity contribution in [2.75, 3.05) is 7.11 Å². The fourth-order valence-corrected chi connectivity index (χ4v) is 4.06. The Labute approximate surface area is 194 Å². The highest BCUT2D eigenvalue weighted by Gasteiger charge is 2.14. The van der Waals surface area contributed by atoms with Crippen LogP contribution in [0.25, 0.3) is 16.9 Å². The topological polar surface area (TPSA) is 85.6 Å². The molecule has 4 aromatic rings. The average Bonchev–Trinajstić information content (AvgIpc) is 3.24. The lowest BCUT2D eigenvalue weighted by Crippen LogP contribution is -2.18. The summed E-state index contributed by atoms with van der Waals surface area (Å²) in [6, 6.07) is 23.4. The second kappa shape index (κ2) is 9.37. The molecular weight excluding hydrogens is 492 g/mol. The van der Waals surface area contributed by atoms with Gasteiger partial charge in [-0.25, -0.2) is 9.51 Å². The second-order valence-electron chi connectivity index (χ2n) is 6.75. The van der Waals surface area contributed by atoms with Crippen molar-refractivity contribution in [2.24, 2.45) is 5.10 Å². The summed E-state index contributed by atoms with van der Waals surface area (Å²) in [5.74, 6) is 0.730. The summed E-state index contributed by atoms with van der Waals surface area (Å²) in [6.45, 7) is 0. The third kappa shape index (κ3) is 4.90. The number of aromatic nitrogens is 2. The molecule has 0 aliphatic rings. The van der Waals surface area contributed by atoms with Crippen LogP contribution in [0.1, 0.15) is 5.56 Å². The van der Waals surface area contributed by atoms with Gasteiger partial charge >= 0.3 is 0 Å². The Kier molecular flexibility index (Phi) is 6.38. The number of ether oxygens (including phenoxy) is 1. The van der Waals surface area contributed by atoms with Gasteiger partial charge in [0.25, 0.3) is 10.0 Å².